The first-order chi connectivity index (χ1) is 9.79. The van der Waals surface area contributed by atoms with Crippen molar-refractivity contribution in [1.29, 1.82) is 0 Å². The topological polar surface area (TPSA) is 76.4 Å². The third-order valence-electron chi connectivity index (χ3n) is 2.84. The average molecular weight is 293 g/mol. The van der Waals surface area contributed by atoms with Crippen molar-refractivity contribution in [3.8, 4) is 5.75 Å². The van der Waals surface area contributed by atoms with Crippen molar-refractivity contribution in [3.05, 3.63) is 18.2 Å². The van der Waals surface area contributed by atoms with Crippen molar-refractivity contribution in [1.82, 2.24) is 5.32 Å². The molecule has 0 radical (unpaired) electrons. The number of ether oxygens (including phenoxy) is 1. The molecule has 1 aromatic rings. The van der Waals surface area contributed by atoms with Crippen molar-refractivity contribution in [2.24, 2.45) is 5.92 Å². The van der Waals surface area contributed by atoms with Crippen LogP contribution >= 0.6 is 0 Å². The second-order valence-electron chi connectivity index (χ2n) is 5.92. The van der Waals surface area contributed by atoms with Crippen LogP contribution in [0.25, 0.3) is 0 Å². The number of amides is 1. The van der Waals surface area contributed by atoms with Gasteiger partial charge in [0.2, 0.25) is 5.91 Å². The van der Waals surface area contributed by atoms with E-state index in [1.54, 1.807) is 6.07 Å². The van der Waals surface area contributed by atoms with Gasteiger partial charge in [-0.25, -0.2) is 0 Å². The molecule has 1 rings (SSSR count). The van der Waals surface area contributed by atoms with Crippen LogP contribution in [0.5, 0.6) is 5.75 Å². The Kier molecular flexibility index (Phi) is 6.34. The molecule has 1 unspecified atom stereocenters. The number of nitrogens with one attached hydrogen (secondary N) is 2. The summed E-state index contributed by atoms with van der Waals surface area (Å²) in [5.41, 5.74) is 7.28. The summed E-state index contributed by atoms with van der Waals surface area (Å²) >= 11 is 0. The number of carbonyl (C=O) groups excluding carboxylic acids is 1. The standard InChI is InChI=1S/C16H27N3O2/c1-10(2)9-18-16(20)12(5)19-13-6-7-14(17)15(8-13)21-11(3)4/h6-8,10-12,19H,9,17H2,1-5H3,(H,18,20). The number of nitrogens with two attached hydrogens (primary N) is 1. The molecule has 0 aromatic heterocycles. The van der Waals surface area contributed by atoms with Crippen molar-refractivity contribution >= 4 is 17.3 Å². The summed E-state index contributed by atoms with van der Waals surface area (Å²) in [5, 5.41) is 6.06. The second-order valence-corrected chi connectivity index (χ2v) is 5.92. The minimum absolute atomic E-state index is 0.0214. The third kappa shape index (κ3) is 5.94. The molecular weight excluding hydrogens is 266 g/mol. The number of hydrogen-bond acceptors (Lipinski definition) is 4. The summed E-state index contributed by atoms with van der Waals surface area (Å²) in [4.78, 5) is 12.0. The number of hydrogen-bond donors (Lipinski definition) is 3. The molecule has 21 heavy (non-hydrogen) atoms. The number of rotatable bonds is 7. The van der Waals surface area contributed by atoms with Gasteiger partial charge in [-0.1, -0.05) is 13.8 Å². The predicted octanol–water partition coefficient (Wildman–Crippen LogP) is 2.63. The van der Waals surface area contributed by atoms with E-state index in [1.165, 1.54) is 0 Å². The molecule has 1 aromatic carbocycles. The lowest BCUT2D eigenvalue weighted by atomic mass is 10.2. The van der Waals surface area contributed by atoms with Gasteiger partial charge >= 0.3 is 0 Å². The van der Waals surface area contributed by atoms with Crippen LogP contribution in [0.3, 0.4) is 0 Å². The lowest BCUT2D eigenvalue weighted by Crippen LogP contribution is -2.39. The highest BCUT2D eigenvalue weighted by Gasteiger charge is 2.13. The zero-order valence-corrected chi connectivity index (χ0v) is 13.6. The van der Waals surface area contributed by atoms with Crippen LogP contribution in [0.1, 0.15) is 34.6 Å². The van der Waals surface area contributed by atoms with Crippen molar-refractivity contribution in [2.45, 2.75) is 46.8 Å². The second kappa shape index (κ2) is 7.76. The maximum absolute atomic E-state index is 12.0. The fourth-order valence-corrected chi connectivity index (χ4v) is 1.75. The van der Waals surface area contributed by atoms with Crippen LogP contribution in [0.4, 0.5) is 11.4 Å². The van der Waals surface area contributed by atoms with E-state index in [9.17, 15) is 4.79 Å². The highest BCUT2D eigenvalue weighted by molar-refractivity contribution is 5.84. The molecule has 0 fully saturated rings. The summed E-state index contributed by atoms with van der Waals surface area (Å²) in [7, 11) is 0. The van der Waals surface area contributed by atoms with Crippen LogP contribution < -0.4 is 21.1 Å². The van der Waals surface area contributed by atoms with Crippen molar-refractivity contribution < 1.29 is 9.53 Å². The highest BCUT2D eigenvalue weighted by atomic mass is 16.5. The van der Waals surface area contributed by atoms with Gasteiger partial charge in [-0.2, -0.15) is 0 Å². The first-order valence-electron chi connectivity index (χ1n) is 7.40. The normalized spacial score (nSPS) is 12.3. The Hall–Kier alpha value is -1.91. The van der Waals surface area contributed by atoms with E-state index in [4.69, 9.17) is 10.5 Å². The van der Waals surface area contributed by atoms with Gasteiger partial charge in [0.05, 0.1) is 11.8 Å². The molecule has 0 aliphatic carbocycles. The fraction of sp³-hybridized carbons (Fsp3) is 0.562. The molecule has 1 atom stereocenters. The lowest BCUT2D eigenvalue weighted by molar-refractivity contribution is -0.121. The van der Waals surface area contributed by atoms with Crippen LogP contribution in [-0.2, 0) is 4.79 Å². The summed E-state index contributed by atoms with van der Waals surface area (Å²) in [5.74, 6) is 1.04. The van der Waals surface area contributed by atoms with E-state index < -0.39 is 0 Å². The van der Waals surface area contributed by atoms with E-state index in [-0.39, 0.29) is 18.1 Å². The Morgan fingerprint density at radius 1 is 1.24 bits per heavy atom. The molecule has 5 heteroatoms. The van der Waals surface area contributed by atoms with Gasteiger partial charge in [0.15, 0.2) is 0 Å². The van der Waals surface area contributed by atoms with Gasteiger partial charge in [-0.05, 0) is 38.8 Å². The van der Waals surface area contributed by atoms with E-state index in [0.29, 0.717) is 23.9 Å². The third-order valence-corrected chi connectivity index (χ3v) is 2.84. The largest absolute Gasteiger partial charge is 0.489 e. The number of benzene rings is 1. The number of carbonyl (C=O) groups is 1. The first-order valence-corrected chi connectivity index (χ1v) is 7.40. The maximum Gasteiger partial charge on any atom is 0.242 e. The minimum Gasteiger partial charge on any atom is -0.489 e. The van der Waals surface area contributed by atoms with E-state index >= 15 is 0 Å². The number of nitrogen functional groups attached to an aromatic ring is 1. The zero-order valence-electron chi connectivity index (χ0n) is 13.6. The molecule has 0 saturated heterocycles. The molecular formula is C16H27N3O2. The molecule has 0 spiro atoms. The Morgan fingerprint density at radius 2 is 1.90 bits per heavy atom. The predicted molar refractivity (Wildman–Crippen MR) is 87.6 cm³/mol. The van der Waals surface area contributed by atoms with E-state index in [1.807, 2.05) is 32.9 Å². The van der Waals surface area contributed by atoms with Crippen LogP contribution in [0.15, 0.2) is 18.2 Å². The number of anilines is 2. The molecule has 4 N–H and O–H groups in total. The molecule has 1 amide bonds. The maximum atomic E-state index is 12.0. The monoisotopic (exact) mass is 293 g/mol. The van der Waals surface area contributed by atoms with Gasteiger partial charge in [0.1, 0.15) is 11.8 Å². The minimum atomic E-state index is -0.320. The first kappa shape index (κ1) is 17.1. The molecule has 0 aliphatic rings. The average Bonchev–Trinajstić information content (AvgIpc) is 2.39. The molecule has 5 nitrogen and oxygen atoms in total. The summed E-state index contributed by atoms with van der Waals surface area (Å²) < 4.78 is 5.64. The molecule has 0 bridgehead atoms. The Morgan fingerprint density at radius 3 is 2.48 bits per heavy atom. The smallest absolute Gasteiger partial charge is 0.242 e. The van der Waals surface area contributed by atoms with Gasteiger partial charge in [0, 0.05) is 18.3 Å². The summed E-state index contributed by atoms with van der Waals surface area (Å²) in [6.45, 7) is 10.5. The SMILES string of the molecule is CC(C)CNC(=O)C(C)Nc1ccc(N)c(OC(C)C)c1. The van der Waals surface area contributed by atoms with E-state index in [2.05, 4.69) is 24.5 Å². The van der Waals surface area contributed by atoms with Gasteiger partial charge in [-0.15, -0.1) is 0 Å². The van der Waals surface area contributed by atoms with Gasteiger partial charge in [0.25, 0.3) is 0 Å². The highest BCUT2D eigenvalue weighted by Crippen LogP contribution is 2.26. The quantitative estimate of drug-likeness (QED) is 0.675. The molecule has 0 heterocycles. The fourth-order valence-electron chi connectivity index (χ4n) is 1.75. The van der Waals surface area contributed by atoms with Crippen molar-refractivity contribution in [3.63, 3.8) is 0 Å². The van der Waals surface area contributed by atoms with Crippen LogP contribution in [-0.4, -0.2) is 24.6 Å². The summed E-state index contributed by atoms with van der Waals surface area (Å²) in [6, 6.07) is 5.12. The lowest BCUT2D eigenvalue weighted by Gasteiger charge is -2.18. The summed E-state index contributed by atoms with van der Waals surface area (Å²) in [6.07, 6.45) is 0.0503. The molecule has 0 aliphatic heterocycles. The zero-order chi connectivity index (χ0) is 16.0. The van der Waals surface area contributed by atoms with Crippen LogP contribution in [0.2, 0.25) is 0 Å². The van der Waals surface area contributed by atoms with Crippen LogP contribution in [0, 0.1) is 5.92 Å². The van der Waals surface area contributed by atoms with E-state index in [0.717, 1.165) is 5.69 Å². The van der Waals surface area contributed by atoms with Gasteiger partial charge in [-0.3, -0.25) is 4.79 Å². The van der Waals surface area contributed by atoms with Crippen molar-refractivity contribution in [2.75, 3.05) is 17.6 Å². The molecule has 118 valence electrons. The Balaban J connectivity index is 2.67. The Labute approximate surface area is 127 Å². The Bertz CT molecular complexity index is 473. The van der Waals surface area contributed by atoms with Gasteiger partial charge < -0.3 is 21.1 Å². The molecule has 0 saturated carbocycles.